The van der Waals surface area contributed by atoms with E-state index in [9.17, 15) is 13.2 Å². The molecule has 3 aromatic heterocycles. The largest absolute Gasteiger partial charge is 0.490 e. The zero-order chi connectivity index (χ0) is 26.6. The number of alkyl halides is 3. The highest BCUT2D eigenvalue weighted by Gasteiger charge is 3.10. The number of halogens is 3. The molecule has 0 atom stereocenters. The first kappa shape index (κ1) is 22.4. The third-order valence-corrected chi connectivity index (χ3v) is 11.0. The average Bonchev–Trinajstić information content (AvgIpc) is 3.71. The van der Waals surface area contributed by atoms with E-state index in [-0.39, 0.29) is 10.8 Å². The van der Waals surface area contributed by atoms with E-state index in [4.69, 9.17) is 19.2 Å². The first-order chi connectivity index (χ1) is 18.8. The summed E-state index contributed by atoms with van der Waals surface area (Å²) in [5, 5.41) is 0. The Morgan fingerprint density at radius 2 is 1.67 bits per heavy atom. The van der Waals surface area contributed by atoms with E-state index in [0.29, 0.717) is 82.8 Å². The molecule has 202 valence electrons. The highest BCUT2D eigenvalue weighted by Crippen LogP contribution is 3.09. The van der Waals surface area contributed by atoms with Gasteiger partial charge in [-0.15, -0.1) is 0 Å². The lowest BCUT2D eigenvalue weighted by molar-refractivity contribution is -0.632. The van der Waals surface area contributed by atoms with E-state index < -0.39 is 11.9 Å². The van der Waals surface area contributed by atoms with Crippen LogP contribution in [0.3, 0.4) is 0 Å². The highest BCUT2D eigenvalue weighted by atomic mass is 19.4. The molecule has 3 aromatic rings. The van der Waals surface area contributed by atoms with Crippen molar-refractivity contribution < 1.29 is 27.4 Å². The fourth-order valence-electron chi connectivity index (χ4n) is 9.82. The van der Waals surface area contributed by atoms with Gasteiger partial charge in [0, 0.05) is 30.0 Å². The van der Waals surface area contributed by atoms with Crippen molar-refractivity contribution >= 4 is 0 Å². The quantitative estimate of drug-likeness (QED) is 0.429. The third-order valence-electron chi connectivity index (χ3n) is 11.0. The Morgan fingerprint density at radius 3 is 2.26 bits per heavy atom. The molecular formula is C27H25F3N6O3. The van der Waals surface area contributed by atoms with Gasteiger partial charge in [0.2, 0.25) is 5.88 Å². The van der Waals surface area contributed by atoms with Gasteiger partial charge >= 0.3 is 6.18 Å². The zero-order valence-corrected chi connectivity index (χ0v) is 21.4. The Kier molecular flexibility index (Phi) is 3.81. The van der Waals surface area contributed by atoms with Crippen molar-refractivity contribution in [1.29, 1.82) is 0 Å². The maximum absolute atomic E-state index is 13.3. The van der Waals surface area contributed by atoms with Crippen LogP contribution in [-0.4, -0.2) is 50.3 Å². The van der Waals surface area contributed by atoms with Crippen LogP contribution in [0.5, 0.6) is 17.5 Å². The standard InChI is InChI=1S/C27H25F3N6O3/c1-36-7-12(27(28,29)30)34-24(36)26-17-14-18(26)16-19(26)15(17)25(14,16)8-39-22-11(37-2)6-31-21(35-22)13-20(10-4-5-10)32-9-33-23(13)38-3/h6-7,9-10,14-19H,4-5,8H2,1-3H3. The summed E-state index contributed by atoms with van der Waals surface area (Å²) < 4.78 is 58.9. The van der Waals surface area contributed by atoms with Crippen LogP contribution in [0.2, 0.25) is 0 Å². The van der Waals surface area contributed by atoms with Gasteiger partial charge in [0.15, 0.2) is 17.3 Å². The minimum atomic E-state index is -4.42. The molecule has 0 spiro atoms. The summed E-state index contributed by atoms with van der Waals surface area (Å²) in [5.41, 5.74) is 0.726. The van der Waals surface area contributed by atoms with E-state index in [1.807, 2.05) is 0 Å². The molecule has 0 saturated heterocycles. The topological polar surface area (TPSA) is 97.1 Å². The van der Waals surface area contributed by atoms with Crippen molar-refractivity contribution in [2.45, 2.75) is 30.4 Å². The van der Waals surface area contributed by atoms with Gasteiger partial charge in [0.25, 0.3) is 5.88 Å². The van der Waals surface area contributed by atoms with Crippen LogP contribution in [0.4, 0.5) is 13.2 Å². The normalized spacial score (nSPS) is 37.5. The second-order valence-corrected chi connectivity index (χ2v) is 12.0. The fraction of sp³-hybridized carbons (Fsp3) is 0.593. The molecule has 0 amide bonds. The lowest BCUT2D eigenvalue weighted by atomic mass is 8.92. The molecule has 12 heteroatoms. The van der Waals surface area contributed by atoms with Gasteiger partial charge in [-0.05, 0) is 48.3 Å². The summed E-state index contributed by atoms with van der Waals surface area (Å²) in [5.74, 6) is 5.36. The highest BCUT2D eigenvalue weighted by molar-refractivity contribution is 5.67. The van der Waals surface area contributed by atoms with Crippen LogP contribution in [0.25, 0.3) is 11.4 Å². The number of ether oxygens (including phenoxy) is 3. The van der Waals surface area contributed by atoms with Gasteiger partial charge in [-0.25, -0.2) is 19.9 Å². The zero-order valence-electron chi connectivity index (χ0n) is 21.4. The maximum Gasteiger partial charge on any atom is 0.434 e. The van der Waals surface area contributed by atoms with Crippen LogP contribution in [0.15, 0.2) is 18.7 Å². The number of nitrogens with zero attached hydrogens (tertiary/aromatic N) is 6. The summed E-state index contributed by atoms with van der Waals surface area (Å²) in [7, 11) is 4.82. The third kappa shape index (κ3) is 2.22. The van der Waals surface area contributed by atoms with Crippen molar-refractivity contribution in [2.24, 2.45) is 48.0 Å². The minimum Gasteiger partial charge on any atom is -0.490 e. The molecule has 7 saturated carbocycles. The van der Waals surface area contributed by atoms with Crippen molar-refractivity contribution in [3.8, 4) is 28.9 Å². The van der Waals surface area contributed by atoms with Gasteiger partial charge in [0.1, 0.15) is 17.7 Å². The number of aryl methyl sites for hydroxylation is 1. The average molecular weight is 539 g/mol. The molecule has 0 aliphatic heterocycles. The van der Waals surface area contributed by atoms with Crippen LogP contribution < -0.4 is 14.2 Å². The Balaban J connectivity index is 0.980. The number of methoxy groups -OCH3 is 2. The Labute approximate surface area is 221 Å². The second-order valence-electron chi connectivity index (χ2n) is 12.0. The van der Waals surface area contributed by atoms with E-state index in [1.54, 1.807) is 32.0 Å². The first-order valence-electron chi connectivity index (χ1n) is 13.3. The first-order valence-corrected chi connectivity index (χ1v) is 13.3. The smallest absolute Gasteiger partial charge is 0.434 e. The molecule has 10 rings (SSSR count). The molecular weight excluding hydrogens is 513 g/mol. The summed E-state index contributed by atoms with van der Waals surface area (Å²) >= 11 is 0. The molecule has 0 bridgehead atoms. The predicted molar refractivity (Wildman–Crippen MR) is 127 cm³/mol. The summed E-state index contributed by atoms with van der Waals surface area (Å²) in [6, 6.07) is 0. The second kappa shape index (κ2) is 6.64. The van der Waals surface area contributed by atoms with E-state index >= 15 is 0 Å². The number of rotatable bonds is 8. The molecule has 0 aromatic carbocycles. The number of imidazole rings is 1. The molecule has 9 nitrogen and oxygen atoms in total. The lowest BCUT2D eigenvalue weighted by Gasteiger charge is -3.10. The number of hydrogen-bond acceptors (Lipinski definition) is 8. The van der Waals surface area contributed by atoms with Crippen LogP contribution in [0.1, 0.15) is 36.0 Å². The van der Waals surface area contributed by atoms with E-state index in [1.165, 1.54) is 6.33 Å². The molecule has 39 heavy (non-hydrogen) atoms. The Bertz CT molecular complexity index is 1530. The lowest BCUT2D eigenvalue weighted by Crippen LogP contribution is -3.12. The fourth-order valence-corrected chi connectivity index (χ4v) is 9.82. The summed E-state index contributed by atoms with van der Waals surface area (Å²) in [6.07, 6.45) is 1.94. The van der Waals surface area contributed by atoms with Crippen LogP contribution in [0, 0.1) is 40.9 Å². The van der Waals surface area contributed by atoms with Crippen LogP contribution in [-0.2, 0) is 18.6 Å². The Morgan fingerprint density at radius 1 is 0.949 bits per heavy atom. The van der Waals surface area contributed by atoms with Gasteiger partial charge < -0.3 is 18.8 Å². The monoisotopic (exact) mass is 538 g/mol. The SMILES string of the molecule is COc1cnc(-c2c(OC)ncnc2C2CC2)nc1OCC12C3C4C1C1C2C3C41c1nc(C(F)(F)F)cn1C. The predicted octanol–water partition coefficient (Wildman–Crippen LogP) is 3.65. The minimum absolute atomic E-state index is 0.0998. The molecule has 0 N–H and O–H groups in total. The van der Waals surface area contributed by atoms with Gasteiger partial charge in [0.05, 0.1) is 32.7 Å². The van der Waals surface area contributed by atoms with E-state index in [2.05, 4.69) is 19.9 Å². The van der Waals surface area contributed by atoms with Gasteiger partial charge in [-0.2, -0.15) is 18.2 Å². The Hall–Kier alpha value is -3.44. The van der Waals surface area contributed by atoms with Crippen molar-refractivity contribution in [1.82, 2.24) is 29.5 Å². The van der Waals surface area contributed by atoms with Crippen molar-refractivity contribution in [2.75, 3.05) is 20.8 Å². The molecule has 0 unspecified atom stereocenters. The maximum atomic E-state index is 13.3. The molecule has 0 radical (unpaired) electrons. The number of hydrogen-bond donors (Lipinski definition) is 0. The van der Waals surface area contributed by atoms with Crippen molar-refractivity contribution in [3.63, 3.8) is 0 Å². The van der Waals surface area contributed by atoms with Gasteiger partial charge in [-0.1, -0.05) is 0 Å². The van der Waals surface area contributed by atoms with Crippen LogP contribution >= 0.6 is 0 Å². The summed E-state index contributed by atoms with van der Waals surface area (Å²) in [4.78, 5) is 22.1. The van der Waals surface area contributed by atoms with Gasteiger partial charge in [-0.3, -0.25) is 0 Å². The van der Waals surface area contributed by atoms with E-state index in [0.717, 1.165) is 24.7 Å². The molecule has 3 heterocycles. The van der Waals surface area contributed by atoms with Crippen molar-refractivity contribution in [3.05, 3.63) is 35.9 Å². The number of aromatic nitrogens is 6. The molecule has 7 aliphatic rings. The molecule has 7 aliphatic carbocycles. The summed E-state index contributed by atoms with van der Waals surface area (Å²) in [6.45, 7) is 0.520. The molecule has 7 fully saturated rings.